The van der Waals surface area contributed by atoms with E-state index in [-0.39, 0.29) is 25.7 Å². The number of aliphatic hydroxyl groups is 1. The molecule has 0 radical (unpaired) electrons. The van der Waals surface area contributed by atoms with Crippen LogP contribution in [0.1, 0.15) is 375 Å². The molecular formula is C72H140O17P2. The lowest BCUT2D eigenvalue weighted by Crippen LogP contribution is -2.30. The minimum atomic E-state index is -4.95. The number of carbonyl (C=O) groups excluding carboxylic acids is 4. The lowest BCUT2D eigenvalue weighted by atomic mass is 10.0. The van der Waals surface area contributed by atoms with Gasteiger partial charge in [0.1, 0.15) is 19.3 Å². The van der Waals surface area contributed by atoms with Crippen LogP contribution in [0.4, 0.5) is 0 Å². The lowest BCUT2D eigenvalue weighted by molar-refractivity contribution is -0.161. The number of phosphoric ester groups is 2. The number of unbranched alkanes of at least 4 members (excludes halogenated alkanes) is 44. The minimum absolute atomic E-state index is 0.105. The molecule has 0 rings (SSSR count). The standard InChI is InChI=1S/C72H140O17P2/c1-6-9-12-15-18-21-23-25-27-29-31-33-35-41-46-51-56-70(75)83-62-68(88-71(76)57-52-47-42-36-34-32-30-28-26-24-22-19-16-13-10-7-2)64-87-91(80,81)85-60-66(73)59-84-90(78,79)86-63-67(61-82-69(74)55-50-45-40-20-17-14-11-8-3)89-72(77)58-53-48-43-38-37-39-44-49-54-65(4)5/h65-68,73H,6-64H2,1-5H3,(H,78,79)(H,80,81)/t66-,67+,68+/m0/s1. The van der Waals surface area contributed by atoms with Gasteiger partial charge in [-0.25, -0.2) is 9.13 Å². The molecule has 0 aromatic rings. The summed E-state index contributed by atoms with van der Waals surface area (Å²) in [4.78, 5) is 72.5. The molecule has 0 bridgehead atoms. The molecule has 0 spiro atoms. The fraction of sp³-hybridized carbons (Fsp3) is 0.944. The van der Waals surface area contributed by atoms with Crippen LogP contribution < -0.4 is 0 Å². The molecule has 17 nitrogen and oxygen atoms in total. The van der Waals surface area contributed by atoms with Gasteiger partial charge in [0.2, 0.25) is 0 Å². The van der Waals surface area contributed by atoms with Gasteiger partial charge in [0.25, 0.3) is 0 Å². The maximum atomic E-state index is 13.0. The van der Waals surface area contributed by atoms with Gasteiger partial charge in [-0.1, -0.05) is 324 Å². The molecule has 0 aromatic carbocycles. The Bertz CT molecular complexity index is 1750. The molecule has 2 unspecified atom stereocenters. The van der Waals surface area contributed by atoms with Crippen LogP contribution in [0.15, 0.2) is 0 Å². The van der Waals surface area contributed by atoms with Crippen LogP contribution in [-0.2, 0) is 65.4 Å². The van der Waals surface area contributed by atoms with Gasteiger partial charge in [-0.3, -0.25) is 37.3 Å². The van der Waals surface area contributed by atoms with Crippen molar-refractivity contribution in [1.82, 2.24) is 0 Å². The van der Waals surface area contributed by atoms with E-state index in [1.807, 2.05) is 0 Å². The Morgan fingerprint density at radius 2 is 0.505 bits per heavy atom. The first-order chi connectivity index (χ1) is 44.0. The summed E-state index contributed by atoms with van der Waals surface area (Å²) < 4.78 is 68.3. The van der Waals surface area contributed by atoms with Gasteiger partial charge < -0.3 is 33.8 Å². The van der Waals surface area contributed by atoms with E-state index >= 15 is 0 Å². The number of rotatable bonds is 72. The third kappa shape index (κ3) is 66.5. The molecule has 0 aliphatic rings. The molecule has 0 amide bonds. The smallest absolute Gasteiger partial charge is 0.462 e. The second kappa shape index (κ2) is 65.4. The highest BCUT2D eigenvalue weighted by Gasteiger charge is 2.30. The highest BCUT2D eigenvalue weighted by Crippen LogP contribution is 2.45. The molecule has 0 heterocycles. The molecule has 3 N–H and O–H groups in total. The fourth-order valence-corrected chi connectivity index (χ4v) is 12.6. The predicted octanol–water partition coefficient (Wildman–Crippen LogP) is 20.9. The number of carbonyl (C=O) groups is 4. The van der Waals surface area contributed by atoms with Crippen LogP contribution >= 0.6 is 15.6 Å². The predicted molar refractivity (Wildman–Crippen MR) is 368 cm³/mol. The largest absolute Gasteiger partial charge is 0.472 e. The third-order valence-electron chi connectivity index (χ3n) is 16.8. The van der Waals surface area contributed by atoms with Crippen LogP contribution in [0.3, 0.4) is 0 Å². The van der Waals surface area contributed by atoms with Crippen molar-refractivity contribution >= 4 is 39.5 Å². The Morgan fingerprint density at radius 3 is 0.747 bits per heavy atom. The first kappa shape index (κ1) is 89.1. The molecule has 540 valence electrons. The van der Waals surface area contributed by atoms with Gasteiger partial charge >= 0.3 is 39.5 Å². The molecule has 0 saturated carbocycles. The molecule has 0 fully saturated rings. The van der Waals surface area contributed by atoms with Gasteiger partial charge in [0.05, 0.1) is 26.4 Å². The highest BCUT2D eigenvalue weighted by molar-refractivity contribution is 7.47. The molecule has 91 heavy (non-hydrogen) atoms. The Morgan fingerprint density at radius 1 is 0.297 bits per heavy atom. The fourth-order valence-electron chi connectivity index (χ4n) is 11.0. The monoisotopic (exact) mass is 1340 g/mol. The Hall–Kier alpha value is -1.94. The summed E-state index contributed by atoms with van der Waals surface area (Å²) in [6.07, 6.45) is 52.8. The van der Waals surface area contributed by atoms with E-state index in [1.54, 1.807) is 0 Å². The maximum absolute atomic E-state index is 13.0. The summed E-state index contributed by atoms with van der Waals surface area (Å²) >= 11 is 0. The summed E-state index contributed by atoms with van der Waals surface area (Å²) in [7, 11) is -9.90. The zero-order valence-corrected chi connectivity index (χ0v) is 60.8. The van der Waals surface area contributed by atoms with Crippen molar-refractivity contribution in [2.45, 2.75) is 393 Å². The van der Waals surface area contributed by atoms with Crippen molar-refractivity contribution in [1.29, 1.82) is 0 Å². The van der Waals surface area contributed by atoms with Gasteiger partial charge in [0, 0.05) is 25.7 Å². The van der Waals surface area contributed by atoms with E-state index in [2.05, 4.69) is 34.6 Å². The number of ether oxygens (including phenoxy) is 4. The molecule has 5 atom stereocenters. The first-order valence-corrected chi connectivity index (χ1v) is 40.6. The molecular weight excluding hydrogens is 1200 g/mol. The van der Waals surface area contributed by atoms with E-state index in [1.165, 1.54) is 193 Å². The summed E-state index contributed by atoms with van der Waals surface area (Å²) in [5, 5.41) is 10.6. The van der Waals surface area contributed by atoms with Gasteiger partial charge in [-0.05, 0) is 31.6 Å². The summed E-state index contributed by atoms with van der Waals surface area (Å²) in [5.74, 6) is -1.40. The van der Waals surface area contributed by atoms with E-state index in [0.717, 1.165) is 102 Å². The van der Waals surface area contributed by atoms with Gasteiger partial charge in [-0.15, -0.1) is 0 Å². The van der Waals surface area contributed by atoms with Crippen LogP contribution in [0, 0.1) is 5.92 Å². The zero-order valence-electron chi connectivity index (χ0n) is 59.0. The first-order valence-electron chi connectivity index (χ1n) is 37.6. The second-order valence-electron chi connectivity index (χ2n) is 26.5. The third-order valence-corrected chi connectivity index (χ3v) is 18.7. The van der Waals surface area contributed by atoms with Crippen molar-refractivity contribution in [3.8, 4) is 0 Å². The van der Waals surface area contributed by atoms with Gasteiger partial charge in [-0.2, -0.15) is 0 Å². The molecule has 19 heteroatoms. The van der Waals surface area contributed by atoms with E-state index in [4.69, 9.17) is 37.0 Å². The van der Waals surface area contributed by atoms with Crippen molar-refractivity contribution in [2.24, 2.45) is 5.92 Å². The van der Waals surface area contributed by atoms with Crippen molar-refractivity contribution in [3.05, 3.63) is 0 Å². The number of hydrogen-bond donors (Lipinski definition) is 3. The lowest BCUT2D eigenvalue weighted by Gasteiger charge is -2.21. The van der Waals surface area contributed by atoms with Crippen molar-refractivity contribution in [3.63, 3.8) is 0 Å². The van der Waals surface area contributed by atoms with Gasteiger partial charge in [0.15, 0.2) is 12.2 Å². The Labute approximate surface area is 556 Å². The Balaban J connectivity index is 5.21. The molecule has 0 aliphatic carbocycles. The highest BCUT2D eigenvalue weighted by atomic mass is 31.2. The Kier molecular flexibility index (Phi) is 64.0. The summed E-state index contributed by atoms with van der Waals surface area (Å²) in [6, 6.07) is 0. The van der Waals surface area contributed by atoms with E-state index in [9.17, 15) is 43.2 Å². The van der Waals surface area contributed by atoms with Crippen molar-refractivity contribution < 1.29 is 80.2 Å². The van der Waals surface area contributed by atoms with Crippen molar-refractivity contribution in [2.75, 3.05) is 39.6 Å². The normalized spacial score (nSPS) is 14.0. The van der Waals surface area contributed by atoms with Crippen LogP contribution in [0.5, 0.6) is 0 Å². The number of phosphoric acid groups is 2. The zero-order chi connectivity index (χ0) is 67.0. The molecule has 0 aliphatic heterocycles. The molecule has 0 saturated heterocycles. The SMILES string of the molecule is CCCCCCCCCCCCCCCCCCC(=O)OC[C@H](COP(=O)(O)OC[C@@H](O)COP(=O)(O)OC[C@@H](COC(=O)CCCCCCCCCC)OC(=O)CCCCCCCCCCC(C)C)OC(=O)CCCCCCCCCCCCCCCCCC. The number of hydrogen-bond acceptors (Lipinski definition) is 15. The van der Waals surface area contributed by atoms with E-state index < -0.39 is 97.5 Å². The number of aliphatic hydroxyl groups excluding tert-OH is 1. The summed E-state index contributed by atoms with van der Waals surface area (Å²) in [6.45, 7) is 7.20. The minimum Gasteiger partial charge on any atom is -0.462 e. The average molecular weight is 1340 g/mol. The maximum Gasteiger partial charge on any atom is 0.472 e. The van der Waals surface area contributed by atoms with Crippen LogP contribution in [0.25, 0.3) is 0 Å². The number of esters is 4. The van der Waals surface area contributed by atoms with E-state index in [0.29, 0.717) is 25.7 Å². The van der Waals surface area contributed by atoms with Crippen LogP contribution in [0.2, 0.25) is 0 Å². The van der Waals surface area contributed by atoms with Crippen LogP contribution in [-0.4, -0.2) is 96.7 Å². The quantitative estimate of drug-likeness (QED) is 0.0222. The average Bonchev–Trinajstić information content (AvgIpc) is 3.25. The topological polar surface area (TPSA) is 237 Å². The summed E-state index contributed by atoms with van der Waals surface area (Å²) in [5.41, 5.74) is 0. The molecule has 0 aromatic heterocycles. The second-order valence-corrected chi connectivity index (χ2v) is 29.4.